The largest absolute Gasteiger partial charge is 0.481 e. The maximum absolute atomic E-state index is 12.4. The van der Waals surface area contributed by atoms with Crippen LogP contribution in [0.3, 0.4) is 0 Å². The summed E-state index contributed by atoms with van der Waals surface area (Å²) in [5.41, 5.74) is 0.463. The maximum Gasteiger partial charge on any atom is 0.326 e. The molecule has 2 atom stereocenters. The summed E-state index contributed by atoms with van der Waals surface area (Å²) in [7, 11) is 0. The Hall–Kier alpha value is -2.81. The molecule has 0 unspecified atom stereocenters. The number of benzene rings is 1. The van der Waals surface area contributed by atoms with Crippen molar-refractivity contribution in [1.29, 1.82) is 0 Å². The van der Waals surface area contributed by atoms with Crippen LogP contribution in [-0.4, -0.2) is 46.2 Å². The molecule has 148 valence electrons. The van der Waals surface area contributed by atoms with Crippen molar-refractivity contribution in [1.82, 2.24) is 10.6 Å². The molecule has 5 N–H and O–H groups in total. The highest BCUT2D eigenvalue weighted by Crippen LogP contribution is 2.13. The number of carbonyl (C=O) groups excluding carboxylic acids is 2. The minimum absolute atomic E-state index is 0.266. The second-order valence-corrected chi connectivity index (χ2v) is 6.60. The molecule has 0 aliphatic carbocycles. The Morgan fingerprint density at radius 1 is 1.04 bits per heavy atom. The molecule has 10 heteroatoms. The summed E-state index contributed by atoms with van der Waals surface area (Å²) < 4.78 is 0. The van der Waals surface area contributed by atoms with E-state index in [1.807, 2.05) is 0 Å². The molecular formula is C17H22ClN3O6. The van der Waals surface area contributed by atoms with E-state index in [2.05, 4.69) is 16.0 Å². The molecule has 0 aromatic heterocycles. The van der Waals surface area contributed by atoms with Gasteiger partial charge in [0.1, 0.15) is 12.1 Å². The molecule has 1 rings (SSSR count). The van der Waals surface area contributed by atoms with Crippen molar-refractivity contribution in [3.05, 3.63) is 29.3 Å². The SMILES string of the molecule is CC(C)[C@H](NC(=O)Nc1ccc(Cl)cc1)C(=O)N[C@H](CCC(=O)O)C(=O)O. The van der Waals surface area contributed by atoms with E-state index in [4.69, 9.17) is 21.8 Å². The van der Waals surface area contributed by atoms with Gasteiger partial charge in [-0.05, 0) is 36.6 Å². The van der Waals surface area contributed by atoms with E-state index in [0.29, 0.717) is 10.7 Å². The first-order chi connectivity index (χ1) is 12.6. The molecule has 0 fully saturated rings. The molecule has 0 aliphatic rings. The van der Waals surface area contributed by atoms with Crippen LogP contribution in [0.4, 0.5) is 10.5 Å². The second-order valence-electron chi connectivity index (χ2n) is 6.16. The van der Waals surface area contributed by atoms with Crippen molar-refractivity contribution in [2.24, 2.45) is 5.92 Å². The smallest absolute Gasteiger partial charge is 0.326 e. The zero-order chi connectivity index (χ0) is 20.6. The predicted octanol–water partition coefficient (Wildman–Crippen LogP) is 1.92. The van der Waals surface area contributed by atoms with Crippen molar-refractivity contribution in [3.8, 4) is 0 Å². The molecule has 0 saturated heterocycles. The number of rotatable bonds is 9. The lowest BCUT2D eigenvalue weighted by molar-refractivity contribution is -0.143. The Morgan fingerprint density at radius 3 is 2.11 bits per heavy atom. The fourth-order valence-corrected chi connectivity index (χ4v) is 2.29. The van der Waals surface area contributed by atoms with E-state index < -0.39 is 42.4 Å². The van der Waals surface area contributed by atoms with Crippen LogP contribution >= 0.6 is 11.6 Å². The second kappa shape index (κ2) is 10.4. The van der Waals surface area contributed by atoms with Crippen LogP contribution in [0.15, 0.2) is 24.3 Å². The molecule has 0 heterocycles. The number of amides is 3. The van der Waals surface area contributed by atoms with Crippen LogP contribution in [0.25, 0.3) is 0 Å². The summed E-state index contributed by atoms with van der Waals surface area (Å²) in [6.07, 6.45) is -0.674. The lowest BCUT2D eigenvalue weighted by Crippen LogP contribution is -2.54. The summed E-state index contributed by atoms with van der Waals surface area (Å²) in [6.45, 7) is 3.36. The number of hydrogen-bond acceptors (Lipinski definition) is 4. The topological polar surface area (TPSA) is 145 Å². The van der Waals surface area contributed by atoms with Gasteiger partial charge in [0.05, 0.1) is 0 Å². The Balaban J connectivity index is 2.73. The van der Waals surface area contributed by atoms with Crippen LogP contribution < -0.4 is 16.0 Å². The van der Waals surface area contributed by atoms with E-state index in [1.54, 1.807) is 38.1 Å². The standard InChI is InChI=1S/C17H22ClN3O6/c1-9(2)14(15(24)20-12(16(25)26)7-8-13(22)23)21-17(27)19-11-5-3-10(18)4-6-11/h3-6,9,12,14H,7-8H2,1-2H3,(H,20,24)(H,22,23)(H,25,26)(H2,19,21,27)/t12-,14+/m1/s1. The highest BCUT2D eigenvalue weighted by atomic mass is 35.5. The van der Waals surface area contributed by atoms with Gasteiger partial charge in [-0.1, -0.05) is 25.4 Å². The van der Waals surface area contributed by atoms with Crippen molar-refractivity contribution in [2.45, 2.75) is 38.8 Å². The van der Waals surface area contributed by atoms with E-state index in [-0.39, 0.29) is 12.3 Å². The van der Waals surface area contributed by atoms with E-state index in [9.17, 15) is 19.2 Å². The van der Waals surface area contributed by atoms with Crippen molar-refractivity contribution in [3.63, 3.8) is 0 Å². The van der Waals surface area contributed by atoms with Gasteiger partial charge in [-0.15, -0.1) is 0 Å². The first kappa shape index (κ1) is 22.2. The molecule has 1 aromatic carbocycles. The summed E-state index contributed by atoms with van der Waals surface area (Å²) in [5, 5.41) is 25.6. The van der Waals surface area contributed by atoms with Crippen LogP contribution in [0.1, 0.15) is 26.7 Å². The number of carboxylic acids is 2. The van der Waals surface area contributed by atoms with E-state index in [0.717, 1.165) is 0 Å². The minimum atomic E-state index is -1.36. The van der Waals surface area contributed by atoms with Crippen molar-refractivity contribution >= 4 is 41.2 Å². The molecule has 3 amide bonds. The quantitative estimate of drug-likeness (QED) is 0.429. The Morgan fingerprint density at radius 2 is 1.63 bits per heavy atom. The van der Waals surface area contributed by atoms with Crippen LogP contribution in [0.2, 0.25) is 5.02 Å². The van der Waals surface area contributed by atoms with Crippen molar-refractivity contribution < 1.29 is 29.4 Å². The summed E-state index contributed by atoms with van der Waals surface area (Å²) >= 11 is 5.77. The van der Waals surface area contributed by atoms with Gasteiger partial charge >= 0.3 is 18.0 Å². The molecule has 1 aromatic rings. The first-order valence-corrected chi connectivity index (χ1v) is 8.56. The lowest BCUT2D eigenvalue weighted by Gasteiger charge is -2.24. The fourth-order valence-electron chi connectivity index (χ4n) is 2.16. The Bertz CT molecular complexity index is 692. The third kappa shape index (κ3) is 7.95. The first-order valence-electron chi connectivity index (χ1n) is 8.18. The number of aliphatic carboxylic acids is 2. The molecule has 0 aliphatic heterocycles. The van der Waals surface area contributed by atoms with Crippen molar-refractivity contribution in [2.75, 3.05) is 5.32 Å². The Labute approximate surface area is 161 Å². The number of halogens is 1. The summed E-state index contributed by atoms with van der Waals surface area (Å²) in [4.78, 5) is 46.3. The zero-order valence-corrected chi connectivity index (χ0v) is 15.6. The fraction of sp³-hybridized carbons (Fsp3) is 0.412. The third-order valence-corrected chi connectivity index (χ3v) is 3.85. The third-order valence-electron chi connectivity index (χ3n) is 3.60. The molecule has 0 bridgehead atoms. The number of urea groups is 1. The average molecular weight is 400 g/mol. The monoisotopic (exact) mass is 399 g/mol. The van der Waals surface area contributed by atoms with E-state index >= 15 is 0 Å². The summed E-state index contributed by atoms with van der Waals surface area (Å²) in [6, 6.07) is 3.31. The van der Waals surface area contributed by atoms with Gasteiger partial charge in [-0.2, -0.15) is 0 Å². The Kier molecular flexibility index (Phi) is 8.53. The number of hydrogen-bond donors (Lipinski definition) is 5. The normalized spacial score (nSPS) is 12.7. The molecule has 27 heavy (non-hydrogen) atoms. The van der Waals surface area contributed by atoms with Gasteiger partial charge in [-0.3, -0.25) is 9.59 Å². The molecule has 9 nitrogen and oxygen atoms in total. The molecule has 0 spiro atoms. The average Bonchev–Trinajstić information content (AvgIpc) is 2.57. The number of anilines is 1. The zero-order valence-electron chi connectivity index (χ0n) is 14.9. The van der Waals surface area contributed by atoms with Gasteiger partial charge in [-0.25, -0.2) is 9.59 Å². The van der Waals surface area contributed by atoms with Gasteiger partial charge in [0.25, 0.3) is 0 Å². The number of carboxylic acid groups (broad SMARTS) is 2. The molecular weight excluding hydrogens is 378 g/mol. The lowest BCUT2D eigenvalue weighted by atomic mass is 10.0. The van der Waals surface area contributed by atoms with E-state index in [1.165, 1.54) is 0 Å². The van der Waals surface area contributed by atoms with Crippen LogP contribution in [0, 0.1) is 5.92 Å². The van der Waals surface area contributed by atoms with Crippen LogP contribution in [0.5, 0.6) is 0 Å². The maximum atomic E-state index is 12.4. The highest BCUT2D eigenvalue weighted by molar-refractivity contribution is 6.30. The summed E-state index contributed by atoms with van der Waals surface area (Å²) in [5.74, 6) is -3.57. The van der Waals surface area contributed by atoms with Gasteiger partial charge in [0.15, 0.2) is 0 Å². The van der Waals surface area contributed by atoms with Gasteiger partial charge in [0, 0.05) is 17.1 Å². The highest BCUT2D eigenvalue weighted by Gasteiger charge is 2.29. The van der Waals surface area contributed by atoms with Gasteiger partial charge in [0.2, 0.25) is 5.91 Å². The van der Waals surface area contributed by atoms with Gasteiger partial charge < -0.3 is 26.2 Å². The number of nitrogens with one attached hydrogen (secondary N) is 3. The predicted molar refractivity (Wildman–Crippen MR) is 98.7 cm³/mol. The number of carbonyl (C=O) groups is 4. The minimum Gasteiger partial charge on any atom is -0.481 e. The van der Waals surface area contributed by atoms with Crippen LogP contribution in [-0.2, 0) is 14.4 Å². The molecule has 0 radical (unpaired) electrons. The molecule has 0 saturated carbocycles.